The smallest absolute Gasteiger partial charge is 0.0438 e. The lowest BCUT2D eigenvalue weighted by atomic mass is 9.89. The van der Waals surface area contributed by atoms with Crippen LogP contribution in [-0.2, 0) is 6.42 Å². The largest absolute Gasteiger partial charge is 0.314 e. The first-order chi connectivity index (χ1) is 12.6. The van der Waals surface area contributed by atoms with Gasteiger partial charge in [-0.15, -0.1) is 0 Å². The first-order valence-corrected chi connectivity index (χ1v) is 10.3. The van der Waals surface area contributed by atoms with Gasteiger partial charge < -0.3 is 10.2 Å². The molecule has 1 N–H and O–H groups in total. The molecule has 0 bridgehead atoms. The maximum Gasteiger partial charge on any atom is 0.0438 e. The zero-order valence-electron chi connectivity index (χ0n) is 15.4. The summed E-state index contributed by atoms with van der Waals surface area (Å²) < 4.78 is 0. The highest BCUT2D eigenvalue weighted by Gasteiger charge is 2.18. The van der Waals surface area contributed by atoms with Gasteiger partial charge >= 0.3 is 0 Å². The van der Waals surface area contributed by atoms with Crippen LogP contribution in [0.5, 0.6) is 0 Å². The van der Waals surface area contributed by atoms with Crippen LogP contribution in [0.15, 0.2) is 48.5 Å². The number of nitrogens with one attached hydrogen (secondary N) is 1. The lowest BCUT2D eigenvalue weighted by Crippen LogP contribution is -2.41. The first-order valence-electron chi connectivity index (χ1n) is 9.52. The Bertz CT molecular complexity index is 679. The van der Waals surface area contributed by atoms with E-state index in [1.807, 2.05) is 24.3 Å². The molecule has 1 atom stereocenters. The predicted molar refractivity (Wildman–Crippen MR) is 112 cm³/mol. The summed E-state index contributed by atoms with van der Waals surface area (Å²) in [5, 5.41) is 5.41. The molecule has 0 aromatic heterocycles. The van der Waals surface area contributed by atoms with Crippen molar-refractivity contribution in [3.05, 3.63) is 69.7 Å². The highest BCUT2D eigenvalue weighted by Crippen LogP contribution is 2.28. The molecule has 0 saturated carbocycles. The van der Waals surface area contributed by atoms with E-state index >= 15 is 0 Å². The monoisotopic (exact) mass is 390 g/mol. The molecular weight excluding hydrogens is 363 g/mol. The minimum absolute atomic E-state index is 0.436. The van der Waals surface area contributed by atoms with Gasteiger partial charge in [-0.1, -0.05) is 53.5 Å². The molecule has 0 aliphatic carbocycles. The molecule has 2 aromatic carbocycles. The molecule has 140 valence electrons. The second kappa shape index (κ2) is 9.75. The second-order valence-corrected chi connectivity index (χ2v) is 8.21. The maximum absolute atomic E-state index is 6.41. The molecule has 1 fully saturated rings. The normalized spacial score (nSPS) is 17.3. The fourth-order valence-corrected chi connectivity index (χ4v) is 4.06. The fourth-order valence-electron chi connectivity index (χ4n) is 3.73. The van der Waals surface area contributed by atoms with Crippen LogP contribution in [0.25, 0.3) is 0 Å². The summed E-state index contributed by atoms with van der Waals surface area (Å²) in [5.41, 5.74) is 2.55. The summed E-state index contributed by atoms with van der Waals surface area (Å²) in [4.78, 5) is 2.41. The second-order valence-electron chi connectivity index (χ2n) is 7.36. The number of nitrogens with zero attached hydrogens (tertiary/aromatic N) is 1. The van der Waals surface area contributed by atoms with Crippen LogP contribution in [0.4, 0.5) is 0 Å². The molecule has 4 heteroatoms. The average molecular weight is 391 g/mol. The van der Waals surface area contributed by atoms with Crippen molar-refractivity contribution in [2.24, 2.45) is 0 Å². The summed E-state index contributed by atoms with van der Waals surface area (Å²) in [5.74, 6) is 0.436. The zero-order valence-corrected chi connectivity index (χ0v) is 16.9. The SMILES string of the molecule is CN1CCC(NCC[C@@H](Cc2ccccc2Cl)c2ccc(Cl)cc2)CC1. The van der Waals surface area contributed by atoms with Gasteiger partial charge in [0.1, 0.15) is 0 Å². The summed E-state index contributed by atoms with van der Waals surface area (Å²) in [6.07, 6.45) is 4.54. The van der Waals surface area contributed by atoms with Crippen LogP contribution in [0.3, 0.4) is 0 Å². The minimum atomic E-state index is 0.436. The Balaban J connectivity index is 1.63. The highest BCUT2D eigenvalue weighted by molar-refractivity contribution is 6.31. The van der Waals surface area contributed by atoms with Gasteiger partial charge in [-0.05, 0) is 87.6 Å². The van der Waals surface area contributed by atoms with E-state index in [1.54, 1.807) is 0 Å². The molecule has 26 heavy (non-hydrogen) atoms. The van der Waals surface area contributed by atoms with E-state index in [2.05, 4.69) is 41.5 Å². The van der Waals surface area contributed by atoms with Gasteiger partial charge in [0.05, 0.1) is 0 Å². The van der Waals surface area contributed by atoms with E-state index in [0.29, 0.717) is 12.0 Å². The van der Waals surface area contributed by atoms with Crippen LogP contribution in [0.2, 0.25) is 10.0 Å². The number of benzene rings is 2. The van der Waals surface area contributed by atoms with E-state index in [-0.39, 0.29) is 0 Å². The summed E-state index contributed by atoms with van der Waals surface area (Å²) in [7, 11) is 2.20. The number of piperidine rings is 1. The van der Waals surface area contributed by atoms with Gasteiger partial charge in [0, 0.05) is 16.1 Å². The molecule has 0 radical (unpaired) electrons. The molecule has 1 saturated heterocycles. The molecule has 1 aliphatic heterocycles. The number of hydrogen-bond donors (Lipinski definition) is 1. The summed E-state index contributed by atoms with van der Waals surface area (Å²) in [6, 6.07) is 17.1. The quantitative estimate of drug-likeness (QED) is 0.681. The molecular formula is C22H28Cl2N2. The maximum atomic E-state index is 6.41. The van der Waals surface area contributed by atoms with E-state index in [4.69, 9.17) is 23.2 Å². The Kier molecular flexibility index (Phi) is 7.39. The Morgan fingerprint density at radius 2 is 1.73 bits per heavy atom. The third-order valence-electron chi connectivity index (χ3n) is 5.41. The van der Waals surface area contributed by atoms with Crippen molar-refractivity contribution in [2.75, 3.05) is 26.7 Å². The third-order valence-corrected chi connectivity index (χ3v) is 6.03. The van der Waals surface area contributed by atoms with Crippen molar-refractivity contribution < 1.29 is 0 Å². The number of halogens is 2. The minimum Gasteiger partial charge on any atom is -0.314 e. The van der Waals surface area contributed by atoms with E-state index in [1.165, 1.54) is 37.1 Å². The lowest BCUT2D eigenvalue weighted by Gasteiger charge is -2.30. The van der Waals surface area contributed by atoms with Gasteiger partial charge in [0.2, 0.25) is 0 Å². The zero-order chi connectivity index (χ0) is 18.4. The lowest BCUT2D eigenvalue weighted by molar-refractivity contribution is 0.234. The van der Waals surface area contributed by atoms with E-state index in [9.17, 15) is 0 Å². The summed E-state index contributed by atoms with van der Waals surface area (Å²) in [6.45, 7) is 3.42. The van der Waals surface area contributed by atoms with Crippen molar-refractivity contribution >= 4 is 23.2 Å². The molecule has 2 nitrogen and oxygen atoms in total. The fraction of sp³-hybridized carbons (Fsp3) is 0.455. The van der Waals surface area contributed by atoms with Crippen molar-refractivity contribution in [2.45, 2.75) is 37.6 Å². The Labute approximate surface area is 167 Å². The van der Waals surface area contributed by atoms with Crippen LogP contribution in [0, 0.1) is 0 Å². The average Bonchev–Trinajstić information content (AvgIpc) is 2.65. The van der Waals surface area contributed by atoms with Crippen molar-refractivity contribution in [3.8, 4) is 0 Å². The Morgan fingerprint density at radius 1 is 1.04 bits per heavy atom. The molecule has 1 heterocycles. The van der Waals surface area contributed by atoms with Crippen LogP contribution in [-0.4, -0.2) is 37.6 Å². The molecule has 0 spiro atoms. The molecule has 1 aliphatic rings. The Hall–Kier alpha value is -1.06. The number of hydrogen-bond acceptors (Lipinski definition) is 2. The van der Waals surface area contributed by atoms with Crippen LogP contribution in [0.1, 0.15) is 36.3 Å². The van der Waals surface area contributed by atoms with Crippen LogP contribution >= 0.6 is 23.2 Å². The molecule has 3 rings (SSSR count). The van der Waals surface area contributed by atoms with Gasteiger partial charge in [-0.25, -0.2) is 0 Å². The number of likely N-dealkylation sites (tertiary alicyclic amines) is 1. The molecule has 2 aromatic rings. The highest BCUT2D eigenvalue weighted by atomic mass is 35.5. The van der Waals surface area contributed by atoms with Crippen molar-refractivity contribution in [3.63, 3.8) is 0 Å². The third kappa shape index (κ3) is 5.72. The predicted octanol–water partition coefficient (Wildman–Crippen LogP) is 5.39. The van der Waals surface area contributed by atoms with Crippen LogP contribution < -0.4 is 5.32 Å². The van der Waals surface area contributed by atoms with Gasteiger partial charge in [-0.2, -0.15) is 0 Å². The van der Waals surface area contributed by atoms with Gasteiger partial charge in [-0.3, -0.25) is 0 Å². The van der Waals surface area contributed by atoms with Crippen molar-refractivity contribution in [1.29, 1.82) is 0 Å². The Morgan fingerprint density at radius 3 is 2.42 bits per heavy atom. The standard InChI is InChI=1S/C22H28Cl2N2/c1-26-14-11-21(12-15-26)25-13-10-18(17-6-8-20(23)9-7-17)16-19-4-2-3-5-22(19)24/h2-9,18,21,25H,10-16H2,1H3/t18-/m0/s1. The van der Waals surface area contributed by atoms with Gasteiger partial charge in [0.15, 0.2) is 0 Å². The first kappa shape index (κ1) is 19.7. The molecule has 0 amide bonds. The van der Waals surface area contributed by atoms with Crippen molar-refractivity contribution in [1.82, 2.24) is 10.2 Å². The topological polar surface area (TPSA) is 15.3 Å². The summed E-state index contributed by atoms with van der Waals surface area (Å²) >= 11 is 12.5. The molecule has 0 unspecified atom stereocenters. The van der Waals surface area contributed by atoms with Gasteiger partial charge in [0.25, 0.3) is 0 Å². The van der Waals surface area contributed by atoms with E-state index < -0.39 is 0 Å². The number of rotatable bonds is 7. The van der Waals surface area contributed by atoms with E-state index in [0.717, 1.165) is 29.4 Å².